The first-order valence-electron chi connectivity index (χ1n) is 8.82. The van der Waals surface area contributed by atoms with Crippen LogP contribution in [0, 0.1) is 6.92 Å². The van der Waals surface area contributed by atoms with Crippen LogP contribution < -0.4 is 15.4 Å². The van der Waals surface area contributed by atoms with Gasteiger partial charge in [0.1, 0.15) is 11.3 Å². The lowest BCUT2D eigenvalue weighted by atomic mass is 9.86. The molecule has 0 atom stereocenters. The van der Waals surface area contributed by atoms with E-state index in [4.69, 9.17) is 4.74 Å². The van der Waals surface area contributed by atoms with E-state index < -0.39 is 5.54 Å². The molecule has 0 radical (unpaired) electrons. The molecule has 0 spiro atoms. The maximum Gasteiger partial charge on any atom is 0.245 e. The number of methoxy groups -OCH3 is 1. The number of anilines is 1. The molecule has 1 aliphatic rings. The molecule has 1 saturated heterocycles. The van der Waals surface area contributed by atoms with Crippen LogP contribution in [0.3, 0.4) is 0 Å². The molecule has 3 rings (SSSR count). The highest BCUT2D eigenvalue weighted by molar-refractivity contribution is 7.09. The van der Waals surface area contributed by atoms with Gasteiger partial charge in [-0.3, -0.25) is 9.69 Å². The number of likely N-dealkylation sites (N-methyl/N-ethyl adjacent to an activating group) is 1. The van der Waals surface area contributed by atoms with Gasteiger partial charge >= 0.3 is 0 Å². The Morgan fingerprint density at radius 2 is 2.15 bits per heavy atom. The van der Waals surface area contributed by atoms with Gasteiger partial charge in [-0.25, -0.2) is 4.98 Å². The molecule has 2 aromatic rings. The van der Waals surface area contributed by atoms with E-state index in [2.05, 4.69) is 27.4 Å². The number of carbonyl (C=O) groups excluding carboxylic acids is 1. The topological polar surface area (TPSA) is 66.5 Å². The van der Waals surface area contributed by atoms with Gasteiger partial charge in [0, 0.05) is 43.3 Å². The van der Waals surface area contributed by atoms with Crippen molar-refractivity contribution in [3.63, 3.8) is 0 Å². The number of carbonyl (C=O) groups is 1. The average Bonchev–Trinajstić information content (AvgIpc) is 3.07. The fraction of sp³-hybridized carbons (Fsp3) is 0.474. The minimum Gasteiger partial charge on any atom is -0.497 e. The van der Waals surface area contributed by atoms with E-state index in [0.29, 0.717) is 0 Å². The molecule has 6 nitrogen and oxygen atoms in total. The Bertz CT molecular complexity index is 754. The van der Waals surface area contributed by atoms with Crippen molar-refractivity contribution >= 4 is 22.9 Å². The van der Waals surface area contributed by atoms with E-state index >= 15 is 0 Å². The minimum absolute atomic E-state index is 0.0361. The fourth-order valence-corrected chi connectivity index (χ4v) is 4.22. The number of amides is 1. The Kier molecular flexibility index (Phi) is 5.78. The molecule has 0 unspecified atom stereocenters. The van der Waals surface area contributed by atoms with Gasteiger partial charge in [-0.15, -0.1) is 11.3 Å². The molecule has 0 saturated carbocycles. The zero-order valence-electron chi connectivity index (χ0n) is 15.5. The third-order valence-electron chi connectivity index (χ3n) is 5.04. The molecule has 2 heterocycles. The number of hydrogen-bond donors (Lipinski definition) is 2. The van der Waals surface area contributed by atoms with Gasteiger partial charge in [0.2, 0.25) is 5.91 Å². The third-order valence-corrected chi connectivity index (χ3v) is 5.96. The fourth-order valence-electron chi connectivity index (χ4n) is 3.40. The Morgan fingerprint density at radius 1 is 1.38 bits per heavy atom. The SMILES string of the molecule is CNC(=O)C1(Nc2cccc(OC)c2)CCN(Cc2scnc2C)CC1. The Labute approximate surface area is 158 Å². The normalized spacial score (nSPS) is 16.9. The lowest BCUT2D eigenvalue weighted by Gasteiger charge is -2.41. The van der Waals surface area contributed by atoms with Crippen LogP contribution in [0.5, 0.6) is 5.75 Å². The summed E-state index contributed by atoms with van der Waals surface area (Å²) in [6.07, 6.45) is 1.50. The lowest BCUT2D eigenvalue weighted by molar-refractivity contribution is -0.126. The first kappa shape index (κ1) is 18.7. The van der Waals surface area contributed by atoms with Crippen LogP contribution in [-0.4, -0.2) is 48.6 Å². The van der Waals surface area contributed by atoms with E-state index in [0.717, 1.165) is 49.6 Å². The molecule has 0 aliphatic carbocycles. The number of hydrogen-bond acceptors (Lipinski definition) is 6. The number of aromatic nitrogens is 1. The predicted octanol–water partition coefficient (Wildman–Crippen LogP) is 2.65. The van der Waals surface area contributed by atoms with E-state index in [1.54, 1.807) is 25.5 Å². The maximum absolute atomic E-state index is 12.7. The number of likely N-dealkylation sites (tertiary alicyclic amines) is 1. The maximum atomic E-state index is 12.7. The summed E-state index contributed by atoms with van der Waals surface area (Å²) in [5.41, 5.74) is 3.31. The number of rotatable bonds is 6. The van der Waals surface area contributed by atoms with Crippen molar-refractivity contribution in [3.05, 3.63) is 40.3 Å². The molecular weight excluding hydrogens is 348 g/mol. The second kappa shape index (κ2) is 8.05. The molecule has 26 heavy (non-hydrogen) atoms. The summed E-state index contributed by atoms with van der Waals surface area (Å²) in [5, 5.41) is 6.32. The molecule has 1 aromatic heterocycles. The highest BCUT2D eigenvalue weighted by Crippen LogP contribution is 2.30. The first-order valence-corrected chi connectivity index (χ1v) is 9.70. The molecule has 1 aliphatic heterocycles. The Balaban J connectivity index is 1.71. The zero-order chi connectivity index (χ0) is 18.6. The van der Waals surface area contributed by atoms with Crippen molar-refractivity contribution in [1.29, 1.82) is 0 Å². The second-order valence-corrected chi connectivity index (χ2v) is 7.59. The van der Waals surface area contributed by atoms with Crippen LogP contribution in [0.25, 0.3) is 0 Å². The summed E-state index contributed by atoms with van der Waals surface area (Å²) in [4.78, 5) is 20.7. The quantitative estimate of drug-likeness (QED) is 0.814. The number of benzene rings is 1. The molecule has 2 N–H and O–H groups in total. The second-order valence-electron chi connectivity index (χ2n) is 6.66. The third kappa shape index (κ3) is 3.99. The smallest absolute Gasteiger partial charge is 0.245 e. The summed E-state index contributed by atoms with van der Waals surface area (Å²) >= 11 is 1.70. The molecule has 0 bridgehead atoms. The molecule has 140 valence electrons. The van der Waals surface area contributed by atoms with Gasteiger partial charge in [-0.05, 0) is 31.9 Å². The van der Waals surface area contributed by atoms with Crippen LogP contribution in [0.1, 0.15) is 23.4 Å². The Hall–Kier alpha value is -2.12. The summed E-state index contributed by atoms with van der Waals surface area (Å²) in [6, 6.07) is 7.73. The van der Waals surface area contributed by atoms with Crippen LogP contribution in [0.2, 0.25) is 0 Å². The van der Waals surface area contributed by atoms with Crippen LogP contribution in [0.4, 0.5) is 5.69 Å². The minimum atomic E-state index is -0.597. The van der Waals surface area contributed by atoms with Crippen molar-refractivity contribution in [1.82, 2.24) is 15.2 Å². The number of aryl methyl sites for hydroxylation is 1. The van der Waals surface area contributed by atoms with E-state index in [9.17, 15) is 4.79 Å². The predicted molar refractivity (Wildman–Crippen MR) is 105 cm³/mol. The van der Waals surface area contributed by atoms with E-state index in [1.807, 2.05) is 29.8 Å². The molecule has 1 amide bonds. The Morgan fingerprint density at radius 3 is 2.77 bits per heavy atom. The molecule has 7 heteroatoms. The number of thiazole rings is 1. The highest BCUT2D eigenvalue weighted by atomic mass is 32.1. The van der Waals surface area contributed by atoms with Crippen molar-refractivity contribution in [2.45, 2.75) is 31.8 Å². The number of ether oxygens (including phenoxy) is 1. The number of nitrogens with one attached hydrogen (secondary N) is 2. The lowest BCUT2D eigenvalue weighted by Crippen LogP contribution is -2.57. The summed E-state index contributed by atoms with van der Waals surface area (Å²) < 4.78 is 5.30. The summed E-state index contributed by atoms with van der Waals surface area (Å²) in [5.74, 6) is 0.814. The van der Waals surface area contributed by atoms with Crippen molar-refractivity contribution in [3.8, 4) is 5.75 Å². The van der Waals surface area contributed by atoms with Crippen molar-refractivity contribution in [2.24, 2.45) is 0 Å². The average molecular weight is 375 g/mol. The number of nitrogens with zero attached hydrogens (tertiary/aromatic N) is 2. The van der Waals surface area contributed by atoms with Crippen molar-refractivity contribution in [2.75, 3.05) is 32.6 Å². The molecular formula is C19H26N4O2S. The van der Waals surface area contributed by atoms with E-state index in [-0.39, 0.29) is 5.91 Å². The van der Waals surface area contributed by atoms with Gasteiger partial charge in [-0.2, -0.15) is 0 Å². The molecule has 1 aromatic carbocycles. The number of piperidine rings is 1. The van der Waals surface area contributed by atoms with Gasteiger partial charge < -0.3 is 15.4 Å². The van der Waals surface area contributed by atoms with E-state index in [1.165, 1.54) is 4.88 Å². The van der Waals surface area contributed by atoms with Crippen molar-refractivity contribution < 1.29 is 9.53 Å². The zero-order valence-corrected chi connectivity index (χ0v) is 16.4. The van der Waals surface area contributed by atoms with Gasteiger partial charge in [0.25, 0.3) is 0 Å². The van der Waals surface area contributed by atoms with Crippen LogP contribution in [0.15, 0.2) is 29.8 Å². The highest BCUT2D eigenvalue weighted by Gasteiger charge is 2.41. The van der Waals surface area contributed by atoms with Crippen LogP contribution >= 0.6 is 11.3 Å². The molecule has 1 fully saturated rings. The largest absolute Gasteiger partial charge is 0.497 e. The first-order chi connectivity index (χ1) is 12.6. The van der Waals surface area contributed by atoms with Gasteiger partial charge in [0.15, 0.2) is 0 Å². The monoisotopic (exact) mass is 374 g/mol. The summed E-state index contributed by atoms with van der Waals surface area (Å²) in [7, 11) is 3.35. The standard InChI is InChI=1S/C19H26N4O2S/c1-14-17(26-13-21-14)12-23-9-7-19(8-10-23,18(24)20-2)22-15-5-4-6-16(11-15)25-3/h4-6,11,13,22H,7-10,12H2,1-3H3,(H,20,24). The van der Waals surface area contributed by atoms with Gasteiger partial charge in [0.05, 0.1) is 18.3 Å². The van der Waals surface area contributed by atoms with Gasteiger partial charge in [-0.1, -0.05) is 6.07 Å². The summed E-state index contributed by atoms with van der Waals surface area (Å²) in [6.45, 7) is 4.68. The van der Waals surface area contributed by atoms with Crippen LogP contribution in [-0.2, 0) is 11.3 Å².